The summed E-state index contributed by atoms with van der Waals surface area (Å²) in [5.41, 5.74) is 4.76. The summed E-state index contributed by atoms with van der Waals surface area (Å²) in [7, 11) is 0. The number of aromatic amines is 1. The van der Waals surface area contributed by atoms with Gasteiger partial charge < -0.3 is 15.4 Å². The number of aryl methyl sites for hydroxylation is 2. The number of rotatable bonds is 4. The molecule has 4 nitrogen and oxygen atoms in total. The minimum Gasteiger partial charge on any atom is -0.394 e. The topological polar surface area (TPSA) is 65.1 Å². The van der Waals surface area contributed by atoms with Crippen molar-refractivity contribution in [2.24, 2.45) is 0 Å². The monoisotopic (exact) mass is 308 g/mol. The van der Waals surface area contributed by atoms with Gasteiger partial charge in [-0.15, -0.1) is 0 Å². The smallest absolute Gasteiger partial charge is 0.251 e. The Morgan fingerprint density at radius 1 is 1.17 bits per heavy atom. The fourth-order valence-corrected chi connectivity index (χ4v) is 2.76. The maximum Gasteiger partial charge on any atom is 0.251 e. The Kier molecular flexibility index (Phi) is 4.17. The molecule has 4 heteroatoms. The molecule has 0 radical (unpaired) electrons. The second-order valence-corrected chi connectivity index (χ2v) is 5.75. The molecule has 1 heterocycles. The van der Waals surface area contributed by atoms with Crippen molar-refractivity contribution in [3.8, 4) is 0 Å². The quantitative estimate of drug-likeness (QED) is 0.692. The van der Waals surface area contributed by atoms with Gasteiger partial charge in [-0.1, -0.05) is 30.3 Å². The Bertz CT molecular complexity index is 837. The lowest BCUT2D eigenvalue weighted by Crippen LogP contribution is -2.30. The molecule has 2 aromatic carbocycles. The third-order valence-electron chi connectivity index (χ3n) is 4.26. The number of aliphatic hydroxyl groups excluding tert-OH is 1. The van der Waals surface area contributed by atoms with Crippen LogP contribution in [0, 0.1) is 13.8 Å². The maximum atomic E-state index is 12.5. The Labute approximate surface area is 135 Å². The predicted octanol–water partition coefficient (Wildman–Crippen LogP) is 3.25. The summed E-state index contributed by atoms with van der Waals surface area (Å²) in [6, 6.07) is 14.7. The number of aromatic nitrogens is 1. The lowest BCUT2D eigenvalue weighted by Gasteiger charge is -2.16. The van der Waals surface area contributed by atoms with Crippen molar-refractivity contribution in [1.82, 2.24) is 10.3 Å². The highest BCUT2D eigenvalue weighted by Gasteiger charge is 2.15. The molecule has 1 aromatic heterocycles. The molecule has 3 rings (SSSR count). The van der Waals surface area contributed by atoms with Crippen LogP contribution in [0.5, 0.6) is 0 Å². The molecule has 0 aliphatic rings. The van der Waals surface area contributed by atoms with E-state index in [2.05, 4.69) is 10.3 Å². The highest BCUT2D eigenvalue weighted by molar-refractivity contribution is 5.99. The molecule has 1 atom stereocenters. The standard InChI is InChI=1S/C19H20N2O2/c1-12-13(2)20-17-9-8-15(10-16(12)17)19(23)21-18(11-22)14-6-4-3-5-7-14/h3-10,18,20,22H,11H2,1-2H3,(H,21,23). The molecule has 0 aliphatic carbocycles. The zero-order chi connectivity index (χ0) is 16.4. The van der Waals surface area contributed by atoms with Crippen molar-refractivity contribution in [3.63, 3.8) is 0 Å². The first-order valence-electron chi connectivity index (χ1n) is 7.65. The Morgan fingerprint density at radius 2 is 1.91 bits per heavy atom. The molecule has 0 fully saturated rings. The summed E-state index contributed by atoms with van der Waals surface area (Å²) in [5.74, 6) is -0.187. The molecule has 3 N–H and O–H groups in total. The van der Waals surface area contributed by atoms with E-state index in [4.69, 9.17) is 0 Å². The van der Waals surface area contributed by atoms with E-state index >= 15 is 0 Å². The van der Waals surface area contributed by atoms with Crippen molar-refractivity contribution in [2.75, 3.05) is 6.61 Å². The molecule has 0 saturated carbocycles. The number of carbonyl (C=O) groups excluding carboxylic acids is 1. The molecule has 23 heavy (non-hydrogen) atoms. The first kappa shape index (κ1) is 15.3. The van der Waals surface area contributed by atoms with E-state index in [9.17, 15) is 9.90 Å². The number of amides is 1. The van der Waals surface area contributed by atoms with Gasteiger partial charge in [-0.2, -0.15) is 0 Å². The fourth-order valence-electron chi connectivity index (χ4n) is 2.76. The van der Waals surface area contributed by atoms with Gasteiger partial charge >= 0.3 is 0 Å². The van der Waals surface area contributed by atoms with Crippen LogP contribution in [-0.2, 0) is 0 Å². The van der Waals surface area contributed by atoms with Crippen LogP contribution in [-0.4, -0.2) is 22.6 Å². The predicted molar refractivity (Wildman–Crippen MR) is 91.5 cm³/mol. The van der Waals surface area contributed by atoms with Crippen LogP contribution in [0.15, 0.2) is 48.5 Å². The van der Waals surface area contributed by atoms with Gasteiger partial charge in [0, 0.05) is 22.2 Å². The van der Waals surface area contributed by atoms with E-state index in [-0.39, 0.29) is 12.5 Å². The van der Waals surface area contributed by atoms with Crippen LogP contribution in [0.1, 0.15) is 33.2 Å². The molecule has 0 bridgehead atoms. The first-order chi connectivity index (χ1) is 11.1. The third-order valence-corrected chi connectivity index (χ3v) is 4.26. The molecule has 0 spiro atoms. The van der Waals surface area contributed by atoms with Crippen molar-refractivity contribution < 1.29 is 9.90 Å². The van der Waals surface area contributed by atoms with Crippen molar-refractivity contribution in [1.29, 1.82) is 0 Å². The van der Waals surface area contributed by atoms with Gasteiger partial charge in [0.05, 0.1) is 12.6 Å². The third kappa shape index (κ3) is 2.98. The van der Waals surface area contributed by atoms with Gasteiger partial charge in [-0.25, -0.2) is 0 Å². The van der Waals surface area contributed by atoms with E-state index in [1.54, 1.807) is 6.07 Å². The number of benzene rings is 2. The van der Waals surface area contributed by atoms with Crippen molar-refractivity contribution in [2.45, 2.75) is 19.9 Å². The van der Waals surface area contributed by atoms with E-state index < -0.39 is 6.04 Å². The molecule has 3 aromatic rings. The van der Waals surface area contributed by atoms with Crippen LogP contribution in [0.3, 0.4) is 0 Å². The molecule has 1 amide bonds. The highest BCUT2D eigenvalue weighted by Crippen LogP contribution is 2.23. The summed E-state index contributed by atoms with van der Waals surface area (Å²) in [5, 5.41) is 13.5. The SMILES string of the molecule is Cc1[nH]c2ccc(C(=O)NC(CO)c3ccccc3)cc2c1C. The largest absolute Gasteiger partial charge is 0.394 e. The van der Waals surface area contributed by atoms with E-state index in [0.29, 0.717) is 5.56 Å². The van der Waals surface area contributed by atoms with Gasteiger partial charge in [0.15, 0.2) is 0 Å². The van der Waals surface area contributed by atoms with Crippen molar-refractivity contribution >= 4 is 16.8 Å². The van der Waals surface area contributed by atoms with Crippen LogP contribution < -0.4 is 5.32 Å². The van der Waals surface area contributed by atoms with E-state index in [1.165, 1.54) is 0 Å². The Balaban J connectivity index is 1.86. The normalized spacial score (nSPS) is 12.3. The highest BCUT2D eigenvalue weighted by atomic mass is 16.3. The van der Waals surface area contributed by atoms with Crippen LogP contribution in [0.25, 0.3) is 10.9 Å². The minimum absolute atomic E-state index is 0.139. The van der Waals surface area contributed by atoms with Gasteiger partial charge in [0.25, 0.3) is 5.91 Å². The van der Waals surface area contributed by atoms with Gasteiger partial charge in [0.1, 0.15) is 0 Å². The Hall–Kier alpha value is -2.59. The van der Waals surface area contributed by atoms with Crippen LogP contribution in [0.4, 0.5) is 0 Å². The van der Waals surface area contributed by atoms with Gasteiger partial charge in [-0.3, -0.25) is 4.79 Å². The lowest BCUT2D eigenvalue weighted by atomic mass is 10.1. The minimum atomic E-state index is -0.409. The van der Waals surface area contributed by atoms with E-state index in [0.717, 1.165) is 27.7 Å². The summed E-state index contributed by atoms with van der Waals surface area (Å²) in [6.07, 6.45) is 0. The number of hydrogen-bond acceptors (Lipinski definition) is 2. The second kappa shape index (κ2) is 6.26. The fraction of sp³-hybridized carbons (Fsp3) is 0.211. The molecule has 1 unspecified atom stereocenters. The number of nitrogens with one attached hydrogen (secondary N) is 2. The molecular formula is C19H20N2O2. The number of carbonyl (C=O) groups is 1. The molecular weight excluding hydrogens is 288 g/mol. The summed E-state index contributed by atoms with van der Waals surface area (Å²) < 4.78 is 0. The summed E-state index contributed by atoms with van der Waals surface area (Å²) >= 11 is 0. The zero-order valence-corrected chi connectivity index (χ0v) is 13.3. The number of aliphatic hydroxyl groups is 1. The summed E-state index contributed by atoms with van der Waals surface area (Å²) in [4.78, 5) is 15.8. The number of H-pyrrole nitrogens is 1. The Morgan fingerprint density at radius 3 is 2.61 bits per heavy atom. The molecule has 0 aliphatic heterocycles. The van der Waals surface area contributed by atoms with Crippen molar-refractivity contribution in [3.05, 3.63) is 70.9 Å². The van der Waals surface area contributed by atoms with Crippen LogP contribution in [0.2, 0.25) is 0 Å². The van der Waals surface area contributed by atoms with Gasteiger partial charge in [-0.05, 0) is 43.2 Å². The van der Waals surface area contributed by atoms with Gasteiger partial charge in [0.2, 0.25) is 0 Å². The maximum absolute atomic E-state index is 12.5. The first-order valence-corrected chi connectivity index (χ1v) is 7.65. The number of hydrogen-bond donors (Lipinski definition) is 3. The molecule has 0 saturated heterocycles. The second-order valence-electron chi connectivity index (χ2n) is 5.75. The zero-order valence-electron chi connectivity index (χ0n) is 13.3. The average Bonchev–Trinajstić information content (AvgIpc) is 2.87. The van der Waals surface area contributed by atoms with Crippen LogP contribution >= 0.6 is 0 Å². The summed E-state index contributed by atoms with van der Waals surface area (Å²) in [6.45, 7) is 3.92. The number of fused-ring (bicyclic) bond motifs is 1. The lowest BCUT2D eigenvalue weighted by molar-refractivity contribution is 0.0916. The van der Waals surface area contributed by atoms with E-state index in [1.807, 2.05) is 56.3 Å². The molecule has 118 valence electrons. The average molecular weight is 308 g/mol.